The van der Waals surface area contributed by atoms with Crippen molar-refractivity contribution >= 4 is 5.97 Å². The topological polar surface area (TPSA) is 44.8 Å². The van der Waals surface area contributed by atoms with Crippen LogP contribution in [0.3, 0.4) is 0 Å². The molecule has 0 saturated carbocycles. The smallest absolute Gasteiger partial charge is 0.330 e. The summed E-state index contributed by atoms with van der Waals surface area (Å²) in [5, 5.41) is 0. The maximum Gasteiger partial charge on any atom is 0.330 e. The maximum absolute atomic E-state index is 10.7. The first-order valence-corrected chi connectivity index (χ1v) is 5.31. The minimum Gasteiger partial charge on any atom is -0.462 e. The third kappa shape index (κ3) is 5.54. The molecule has 0 aromatic heterocycles. The molecule has 0 spiro atoms. The predicted octanol–water partition coefficient (Wildman–Crippen LogP) is 1.30. The zero-order valence-corrected chi connectivity index (χ0v) is 8.94. The second-order valence-electron chi connectivity index (χ2n) is 3.41. The Morgan fingerprint density at radius 1 is 1.40 bits per heavy atom. The molecule has 0 unspecified atom stereocenters. The van der Waals surface area contributed by atoms with Crippen LogP contribution in [0.1, 0.15) is 19.3 Å². The fourth-order valence-electron chi connectivity index (χ4n) is 1.38. The molecule has 1 fully saturated rings. The summed E-state index contributed by atoms with van der Waals surface area (Å²) in [7, 11) is 0. The molecule has 0 aromatic carbocycles. The minimum atomic E-state index is -0.374. The van der Waals surface area contributed by atoms with Gasteiger partial charge in [-0.3, -0.25) is 0 Å². The van der Waals surface area contributed by atoms with Crippen LogP contribution >= 0.6 is 0 Å². The zero-order chi connectivity index (χ0) is 10.9. The normalized spacial score (nSPS) is 17.3. The SMILES string of the molecule is C=CC(=O)OCCCOC1CCOCC1. The van der Waals surface area contributed by atoms with Gasteiger partial charge in [-0.2, -0.15) is 0 Å². The summed E-state index contributed by atoms with van der Waals surface area (Å²) in [6.07, 6.45) is 4.14. The van der Waals surface area contributed by atoms with Crippen molar-refractivity contribution in [2.24, 2.45) is 0 Å². The molecule has 1 aliphatic heterocycles. The molecule has 1 aliphatic rings. The third-order valence-corrected chi connectivity index (χ3v) is 2.22. The van der Waals surface area contributed by atoms with E-state index in [2.05, 4.69) is 6.58 Å². The van der Waals surface area contributed by atoms with Gasteiger partial charge in [-0.1, -0.05) is 6.58 Å². The summed E-state index contributed by atoms with van der Waals surface area (Å²) in [5.74, 6) is -0.374. The summed E-state index contributed by atoms with van der Waals surface area (Å²) in [6, 6.07) is 0. The monoisotopic (exact) mass is 214 g/mol. The average Bonchev–Trinajstić information content (AvgIpc) is 2.29. The quantitative estimate of drug-likeness (QED) is 0.380. The molecule has 0 atom stereocenters. The van der Waals surface area contributed by atoms with Crippen molar-refractivity contribution in [1.82, 2.24) is 0 Å². The Hall–Kier alpha value is -0.870. The first kappa shape index (κ1) is 12.2. The molecule has 0 aromatic rings. The predicted molar refractivity (Wildman–Crippen MR) is 55.6 cm³/mol. The molecule has 15 heavy (non-hydrogen) atoms. The van der Waals surface area contributed by atoms with Crippen LogP contribution in [0, 0.1) is 0 Å². The van der Waals surface area contributed by atoms with Crippen molar-refractivity contribution in [2.45, 2.75) is 25.4 Å². The molecule has 86 valence electrons. The number of hydrogen-bond donors (Lipinski definition) is 0. The van der Waals surface area contributed by atoms with Gasteiger partial charge in [0.1, 0.15) is 0 Å². The van der Waals surface area contributed by atoms with Gasteiger partial charge in [-0.05, 0) is 12.8 Å². The van der Waals surface area contributed by atoms with Crippen LogP contribution in [0.5, 0.6) is 0 Å². The Bertz CT molecular complexity index is 197. The zero-order valence-electron chi connectivity index (χ0n) is 8.94. The lowest BCUT2D eigenvalue weighted by molar-refractivity contribution is -0.138. The summed E-state index contributed by atoms with van der Waals surface area (Å²) >= 11 is 0. The number of rotatable bonds is 6. The standard InChI is InChI=1S/C11H18O4/c1-2-11(12)15-7-3-6-14-10-4-8-13-9-5-10/h2,10H,1,3-9H2. The van der Waals surface area contributed by atoms with E-state index in [9.17, 15) is 4.79 Å². The summed E-state index contributed by atoms with van der Waals surface area (Å²) in [5.41, 5.74) is 0. The Morgan fingerprint density at radius 3 is 2.80 bits per heavy atom. The van der Waals surface area contributed by atoms with Crippen LogP contribution in [0.15, 0.2) is 12.7 Å². The van der Waals surface area contributed by atoms with Gasteiger partial charge in [-0.15, -0.1) is 0 Å². The fourth-order valence-corrected chi connectivity index (χ4v) is 1.38. The van der Waals surface area contributed by atoms with Gasteiger partial charge in [0, 0.05) is 25.7 Å². The number of carbonyl (C=O) groups excluding carboxylic acids is 1. The van der Waals surface area contributed by atoms with Gasteiger partial charge in [0.25, 0.3) is 0 Å². The number of hydrogen-bond acceptors (Lipinski definition) is 4. The summed E-state index contributed by atoms with van der Waals surface area (Å²) in [4.78, 5) is 10.7. The van der Waals surface area contributed by atoms with E-state index in [0.717, 1.165) is 32.5 Å². The van der Waals surface area contributed by atoms with Gasteiger partial charge in [0.2, 0.25) is 0 Å². The van der Waals surface area contributed by atoms with Crippen LogP contribution in [0.25, 0.3) is 0 Å². The highest BCUT2D eigenvalue weighted by molar-refractivity contribution is 5.81. The first-order valence-electron chi connectivity index (χ1n) is 5.31. The van der Waals surface area contributed by atoms with Gasteiger partial charge < -0.3 is 14.2 Å². The molecule has 4 nitrogen and oxygen atoms in total. The molecule has 1 saturated heterocycles. The lowest BCUT2D eigenvalue weighted by Crippen LogP contribution is -2.24. The molecule has 0 radical (unpaired) electrons. The number of carbonyl (C=O) groups is 1. The first-order chi connectivity index (χ1) is 7.33. The van der Waals surface area contributed by atoms with E-state index in [-0.39, 0.29) is 5.97 Å². The van der Waals surface area contributed by atoms with E-state index in [1.807, 2.05) is 0 Å². The molecule has 0 amide bonds. The molecule has 1 heterocycles. The molecular formula is C11H18O4. The largest absolute Gasteiger partial charge is 0.462 e. The van der Waals surface area contributed by atoms with Crippen molar-refractivity contribution in [3.05, 3.63) is 12.7 Å². The Morgan fingerprint density at radius 2 is 2.13 bits per heavy atom. The van der Waals surface area contributed by atoms with Crippen molar-refractivity contribution in [1.29, 1.82) is 0 Å². The summed E-state index contributed by atoms with van der Waals surface area (Å²) < 4.78 is 15.6. The molecule has 0 bridgehead atoms. The number of esters is 1. The highest BCUT2D eigenvalue weighted by Gasteiger charge is 2.13. The van der Waals surface area contributed by atoms with Crippen LogP contribution < -0.4 is 0 Å². The number of ether oxygens (including phenoxy) is 3. The fraction of sp³-hybridized carbons (Fsp3) is 0.727. The summed E-state index contributed by atoms with van der Waals surface area (Å²) in [6.45, 7) is 5.92. The van der Waals surface area contributed by atoms with Crippen LogP contribution in [0.4, 0.5) is 0 Å². The molecule has 0 N–H and O–H groups in total. The second kappa shape index (κ2) is 7.43. The molecule has 4 heteroatoms. The Balaban J connectivity index is 1.91. The van der Waals surface area contributed by atoms with E-state index >= 15 is 0 Å². The highest BCUT2D eigenvalue weighted by Crippen LogP contribution is 2.10. The van der Waals surface area contributed by atoms with Crippen molar-refractivity contribution in [3.8, 4) is 0 Å². The minimum absolute atomic E-state index is 0.314. The van der Waals surface area contributed by atoms with Crippen molar-refractivity contribution in [2.75, 3.05) is 26.4 Å². The van der Waals surface area contributed by atoms with E-state index in [1.165, 1.54) is 6.08 Å². The van der Waals surface area contributed by atoms with E-state index in [4.69, 9.17) is 14.2 Å². The average molecular weight is 214 g/mol. The van der Waals surface area contributed by atoms with Gasteiger partial charge in [-0.25, -0.2) is 4.79 Å². The van der Waals surface area contributed by atoms with Crippen LogP contribution in [-0.4, -0.2) is 38.5 Å². The highest BCUT2D eigenvalue weighted by atomic mass is 16.5. The Kier molecular flexibility index (Phi) is 6.04. The molecule has 0 aliphatic carbocycles. The molecular weight excluding hydrogens is 196 g/mol. The van der Waals surface area contributed by atoms with Crippen LogP contribution in [0.2, 0.25) is 0 Å². The third-order valence-electron chi connectivity index (χ3n) is 2.22. The van der Waals surface area contributed by atoms with E-state index in [0.29, 0.717) is 19.3 Å². The van der Waals surface area contributed by atoms with Crippen molar-refractivity contribution in [3.63, 3.8) is 0 Å². The van der Waals surface area contributed by atoms with Crippen molar-refractivity contribution < 1.29 is 19.0 Å². The molecule has 1 rings (SSSR count). The lowest BCUT2D eigenvalue weighted by Gasteiger charge is -2.22. The van der Waals surface area contributed by atoms with Gasteiger partial charge >= 0.3 is 5.97 Å². The van der Waals surface area contributed by atoms with E-state index < -0.39 is 0 Å². The lowest BCUT2D eigenvalue weighted by atomic mass is 10.1. The van der Waals surface area contributed by atoms with Crippen LogP contribution in [-0.2, 0) is 19.0 Å². The van der Waals surface area contributed by atoms with Gasteiger partial charge in [0.15, 0.2) is 0 Å². The van der Waals surface area contributed by atoms with Gasteiger partial charge in [0.05, 0.1) is 19.3 Å². The second-order valence-corrected chi connectivity index (χ2v) is 3.41. The van der Waals surface area contributed by atoms with E-state index in [1.54, 1.807) is 0 Å². The Labute approximate surface area is 90.2 Å². The maximum atomic E-state index is 10.7.